The molecule has 0 aliphatic carbocycles. The molecule has 1 aromatic carbocycles. The summed E-state index contributed by atoms with van der Waals surface area (Å²) in [5.74, 6) is -0.290. The van der Waals surface area contributed by atoms with Crippen LogP contribution in [-0.4, -0.2) is 21.0 Å². The van der Waals surface area contributed by atoms with E-state index >= 15 is 0 Å². The van der Waals surface area contributed by atoms with E-state index in [9.17, 15) is 4.39 Å². The molecule has 116 valence electrons. The normalized spacial score (nSPS) is 12.0. The van der Waals surface area contributed by atoms with E-state index in [4.69, 9.17) is 12.2 Å². The minimum Gasteiger partial charge on any atom is -0.338 e. The molecule has 0 aliphatic rings. The zero-order valence-corrected chi connectivity index (χ0v) is 13.8. The minimum absolute atomic E-state index is 0.0229. The number of pyridine rings is 1. The van der Waals surface area contributed by atoms with Gasteiger partial charge in [0.1, 0.15) is 5.82 Å². The van der Waals surface area contributed by atoms with Crippen molar-refractivity contribution < 1.29 is 4.39 Å². The van der Waals surface area contributed by atoms with Crippen LogP contribution in [0, 0.1) is 5.82 Å². The number of thiocarbonyl (C=S) groups is 1. The van der Waals surface area contributed by atoms with Crippen LogP contribution < -0.4 is 5.32 Å². The molecular weight excluding hydrogens is 297 g/mol. The van der Waals surface area contributed by atoms with Crippen LogP contribution in [0.25, 0.3) is 0 Å². The summed E-state index contributed by atoms with van der Waals surface area (Å²) in [4.78, 5) is 6.45. The van der Waals surface area contributed by atoms with E-state index in [0.717, 1.165) is 5.69 Å². The third-order valence-corrected chi connectivity index (χ3v) is 3.71. The van der Waals surface area contributed by atoms with E-state index in [1.807, 2.05) is 18.2 Å². The van der Waals surface area contributed by atoms with Crippen LogP contribution in [0.2, 0.25) is 0 Å². The molecule has 0 spiro atoms. The van der Waals surface area contributed by atoms with Gasteiger partial charge in [0.2, 0.25) is 0 Å². The maximum absolute atomic E-state index is 13.3. The summed E-state index contributed by atoms with van der Waals surface area (Å²) in [5.41, 5.74) is 1.59. The summed E-state index contributed by atoms with van der Waals surface area (Å²) in [6.07, 6.45) is 1.77. The molecule has 22 heavy (non-hydrogen) atoms. The number of aromatic nitrogens is 1. The van der Waals surface area contributed by atoms with Crippen molar-refractivity contribution in [1.82, 2.24) is 9.88 Å². The summed E-state index contributed by atoms with van der Waals surface area (Å²) >= 11 is 5.52. The molecule has 0 saturated heterocycles. The Balaban J connectivity index is 2.19. The van der Waals surface area contributed by atoms with Crippen molar-refractivity contribution in [2.75, 3.05) is 5.32 Å². The standard InChI is InChI=1S/C17H20FN3S/c1-12(2)21(13(3)16-9-4-5-10-19-16)17(22)20-15-8-6-7-14(18)11-15/h4-13H,1-3H3,(H,20,22)/t13-/m1/s1. The van der Waals surface area contributed by atoms with Crippen molar-refractivity contribution in [3.05, 3.63) is 60.2 Å². The topological polar surface area (TPSA) is 28.2 Å². The Morgan fingerprint density at radius 3 is 2.55 bits per heavy atom. The zero-order chi connectivity index (χ0) is 16.1. The molecule has 0 bridgehead atoms. The SMILES string of the molecule is CC(C)N(C(=S)Nc1cccc(F)c1)[C@H](C)c1ccccn1. The summed E-state index contributed by atoms with van der Waals surface area (Å²) in [5, 5.41) is 3.66. The number of rotatable bonds is 4. The first-order valence-corrected chi connectivity index (χ1v) is 7.65. The summed E-state index contributed by atoms with van der Waals surface area (Å²) in [6, 6.07) is 12.3. The van der Waals surface area contributed by atoms with Crippen LogP contribution in [0.5, 0.6) is 0 Å². The van der Waals surface area contributed by atoms with Crippen molar-refractivity contribution in [3.8, 4) is 0 Å². The molecule has 2 rings (SSSR count). The second-order valence-electron chi connectivity index (χ2n) is 5.37. The lowest BCUT2D eigenvalue weighted by molar-refractivity contribution is 0.280. The van der Waals surface area contributed by atoms with Crippen LogP contribution in [0.4, 0.5) is 10.1 Å². The van der Waals surface area contributed by atoms with Gasteiger partial charge >= 0.3 is 0 Å². The fourth-order valence-corrected chi connectivity index (χ4v) is 2.86. The molecule has 1 aromatic heterocycles. The van der Waals surface area contributed by atoms with Crippen LogP contribution in [0.15, 0.2) is 48.7 Å². The predicted octanol–water partition coefficient (Wildman–Crippen LogP) is 4.39. The zero-order valence-electron chi connectivity index (χ0n) is 13.0. The number of anilines is 1. The van der Waals surface area contributed by atoms with Gasteiger partial charge in [-0.25, -0.2) is 4.39 Å². The Bertz CT molecular complexity index is 631. The highest BCUT2D eigenvalue weighted by Gasteiger charge is 2.22. The fourth-order valence-electron chi connectivity index (χ4n) is 2.38. The first-order valence-electron chi connectivity index (χ1n) is 7.25. The van der Waals surface area contributed by atoms with Gasteiger partial charge < -0.3 is 10.2 Å². The largest absolute Gasteiger partial charge is 0.338 e. The maximum Gasteiger partial charge on any atom is 0.174 e. The van der Waals surface area contributed by atoms with E-state index in [0.29, 0.717) is 10.8 Å². The van der Waals surface area contributed by atoms with Gasteiger partial charge in [0.25, 0.3) is 0 Å². The van der Waals surface area contributed by atoms with Crippen LogP contribution in [-0.2, 0) is 0 Å². The number of hydrogen-bond acceptors (Lipinski definition) is 2. The molecule has 3 nitrogen and oxygen atoms in total. The Kier molecular flexibility index (Phi) is 5.44. The molecule has 0 aliphatic heterocycles. The van der Waals surface area contributed by atoms with Crippen molar-refractivity contribution in [2.45, 2.75) is 32.9 Å². The van der Waals surface area contributed by atoms with Gasteiger partial charge in [-0.15, -0.1) is 0 Å². The summed E-state index contributed by atoms with van der Waals surface area (Å²) in [7, 11) is 0. The average Bonchev–Trinajstić information content (AvgIpc) is 2.47. The average molecular weight is 317 g/mol. The van der Waals surface area contributed by atoms with Crippen molar-refractivity contribution >= 4 is 23.0 Å². The number of halogens is 1. The number of benzene rings is 1. The molecule has 2 aromatic rings. The molecule has 0 fully saturated rings. The number of nitrogens with one attached hydrogen (secondary N) is 1. The summed E-state index contributed by atoms with van der Waals surface area (Å²) < 4.78 is 13.3. The highest BCUT2D eigenvalue weighted by molar-refractivity contribution is 7.80. The highest BCUT2D eigenvalue weighted by Crippen LogP contribution is 2.22. The monoisotopic (exact) mass is 317 g/mol. The second kappa shape index (κ2) is 7.31. The Morgan fingerprint density at radius 2 is 1.95 bits per heavy atom. The lowest BCUT2D eigenvalue weighted by Crippen LogP contribution is -2.41. The van der Waals surface area contributed by atoms with Gasteiger partial charge in [-0.1, -0.05) is 12.1 Å². The van der Waals surface area contributed by atoms with Gasteiger partial charge in [0, 0.05) is 17.9 Å². The molecule has 0 unspecified atom stereocenters. The predicted molar refractivity (Wildman–Crippen MR) is 92.2 cm³/mol. The van der Waals surface area contributed by atoms with Gasteiger partial charge in [0.15, 0.2) is 5.11 Å². The van der Waals surface area contributed by atoms with Crippen LogP contribution in [0.3, 0.4) is 0 Å². The molecule has 0 amide bonds. The lowest BCUT2D eigenvalue weighted by atomic mass is 10.1. The molecular formula is C17H20FN3S. The molecule has 1 heterocycles. The highest BCUT2D eigenvalue weighted by atomic mass is 32.1. The van der Waals surface area contributed by atoms with Crippen LogP contribution >= 0.6 is 12.2 Å². The smallest absolute Gasteiger partial charge is 0.174 e. The third-order valence-electron chi connectivity index (χ3n) is 3.40. The Morgan fingerprint density at radius 1 is 1.18 bits per heavy atom. The molecule has 5 heteroatoms. The first-order chi connectivity index (χ1) is 10.5. The third kappa shape index (κ3) is 4.01. The number of nitrogens with zero attached hydrogens (tertiary/aromatic N) is 2. The van der Waals surface area contributed by atoms with Crippen molar-refractivity contribution in [3.63, 3.8) is 0 Å². The molecule has 1 N–H and O–H groups in total. The van der Waals surface area contributed by atoms with Crippen molar-refractivity contribution in [1.29, 1.82) is 0 Å². The van der Waals surface area contributed by atoms with Crippen molar-refractivity contribution in [2.24, 2.45) is 0 Å². The number of hydrogen-bond donors (Lipinski definition) is 1. The van der Waals surface area contributed by atoms with Gasteiger partial charge in [-0.3, -0.25) is 4.98 Å². The Labute approximate surface area is 136 Å². The van der Waals surface area contributed by atoms with E-state index in [1.165, 1.54) is 12.1 Å². The van der Waals surface area contributed by atoms with E-state index in [1.54, 1.807) is 18.3 Å². The fraction of sp³-hybridized carbons (Fsp3) is 0.294. The van der Waals surface area contributed by atoms with Crippen LogP contribution in [0.1, 0.15) is 32.5 Å². The lowest BCUT2D eigenvalue weighted by Gasteiger charge is -2.35. The van der Waals surface area contributed by atoms with Gasteiger partial charge in [0.05, 0.1) is 11.7 Å². The van der Waals surface area contributed by atoms with E-state index in [-0.39, 0.29) is 17.9 Å². The first kappa shape index (κ1) is 16.4. The molecule has 1 atom stereocenters. The van der Waals surface area contributed by atoms with E-state index in [2.05, 4.69) is 36.0 Å². The second-order valence-corrected chi connectivity index (χ2v) is 5.76. The minimum atomic E-state index is -0.290. The molecule has 0 radical (unpaired) electrons. The summed E-state index contributed by atoms with van der Waals surface area (Å²) in [6.45, 7) is 6.19. The molecule has 0 saturated carbocycles. The van der Waals surface area contributed by atoms with Gasteiger partial charge in [-0.05, 0) is 63.3 Å². The quantitative estimate of drug-likeness (QED) is 0.847. The van der Waals surface area contributed by atoms with E-state index < -0.39 is 0 Å². The van der Waals surface area contributed by atoms with Gasteiger partial charge in [-0.2, -0.15) is 0 Å². The Hall–Kier alpha value is -2.01. The maximum atomic E-state index is 13.3.